The minimum Gasteiger partial charge on any atom is -0.348 e. The maximum atomic E-state index is 12.1. The van der Waals surface area contributed by atoms with Crippen LogP contribution in [0.15, 0.2) is 18.2 Å². The van der Waals surface area contributed by atoms with Crippen LogP contribution in [0.2, 0.25) is 5.02 Å². The number of amides is 1. The second-order valence-corrected chi connectivity index (χ2v) is 4.97. The number of halogens is 1. The molecule has 1 aliphatic carbocycles. The van der Waals surface area contributed by atoms with Gasteiger partial charge < -0.3 is 11.1 Å². The summed E-state index contributed by atoms with van der Waals surface area (Å²) in [5, 5.41) is 3.61. The molecule has 2 rings (SSSR count). The Morgan fingerprint density at radius 1 is 1.59 bits per heavy atom. The number of carbonyl (C=O) groups excluding carboxylic acids is 1. The molecule has 4 heteroatoms. The maximum Gasteiger partial charge on any atom is 0.251 e. The average Bonchev–Trinajstić information content (AvgIpc) is 3.13. The summed E-state index contributed by atoms with van der Waals surface area (Å²) in [5.41, 5.74) is 7.12. The molecule has 92 valence electrons. The summed E-state index contributed by atoms with van der Waals surface area (Å²) in [6, 6.07) is 5.46. The minimum absolute atomic E-state index is 0.0765. The Balaban J connectivity index is 2.11. The van der Waals surface area contributed by atoms with E-state index in [1.54, 1.807) is 18.2 Å². The molecule has 1 atom stereocenters. The van der Waals surface area contributed by atoms with E-state index in [0.717, 1.165) is 18.4 Å². The van der Waals surface area contributed by atoms with E-state index in [0.29, 0.717) is 23.0 Å². The summed E-state index contributed by atoms with van der Waals surface area (Å²) in [4.78, 5) is 12.1. The zero-order valence-electron chi connectivity index (χ0n) is 9.87. The standard InChI is InChI=1S/C13H17ClN2O/c1-8-10(3-2-4-11(8)14)13(17)16-12(7-15)9-5-6-9/h2-4,9,12H,5-7,15H2,1H3,(H,16,17). The first-order chi connectivity index (χ1) is 8.13. The van der Waals surface area contributed by atoms with Crippen LogP contribution in [0.3, 0.4) is 0 Å². The van der Waals surface area contributed by atoms with Gasteiger partial charge in [0.25, 0.3) is 5.91 Å². The highest BCUT2D eigenvalue weighted by molar-refractivity contribution is 6.31. The molecule has 1 aromatic carbocycles. The van der Waals surface area contributed by atoms with Crippen molar-refractivity contribution in [3.05, 3.63) is 34.3 Å². The Morgan fingerprint density at radius 2 is 2.29 bits per heavy atom. The van der Waals surface area contributed by atoms with Crippen molar-refractivity contribution in [2.45, 2.75) is 25.8 Å². The molecule has 3 N–H and O–H groups in total. The third kappa shape index (κ3) is 2.79. The minimum atomic E-state index is -0.0765. The quantitative estimate of drug-likeness (QED) is 0.863. The van der Waals surface area contributed by atoms with Gasteiger partial charge in [0.05, 0.1) is 0 Å². The number of nitrogens with two attached hydrogens (primary N) is 1. The molecule has 0 aliphatic heterocycles. The van der Waals surface area contributed by atoms with Gasteiger partial charge in [0.15, 0.2) is 0 Å². The van der Waals surface area contributed by atoms with Crippen molar-refractivity contribution < 1.29 is 4.79 Å². The number of nitrogens with one attached hydrogen (secondary N) is 1. The molecule has 0 saturated heterocycles. The Hall–Kier alpha value is -1.06. The van der Waals surface area contributed by atoms with Crippen molar-refractivity contribution >= 4 is 17.5 Å². The van der Waals surface area contributed by atoms with Crippen LogP contribution in [-0.2, 0) is 0 Å². The molecule has 0 bridgehead atoms. The summed E-state index contributed by atoms with van der Waals surface area (Å²) in [6.07, 6.45) is 2.33. The maximum absolute atomic E-state index is 12.1. The first-order valence-corrected chi connectivity index (χ1v) is 6.27. The second-order valence-electron chi connectivity index (χ2n) is 4.57. The van der Waals surface area contributed by atoms with Crippen LogP contribution in [0.1, 0.15) is 28.8 Å². The molecule has 0 spiro atoms. The monoisotopic (exact) mass is 252 g/mol. The first kappa shape index (κ1) is 12.4. The fourth-order valence-electron chi connectivity index (χ4n) is 1.97. The van der Waals surface area contributed by atoms with E-state index in [1.165, 1.54) is 0 Å². The van der Waals surface area contributed by atoms with Gasteiger partial charge in [0.2, 0.25) is 0 Å². The van der Waals surface area contributed by atoms with Gasteiger partial charge >= 0.3 is 0 Å². The van der Waals surface area contributed by atoms with E-state index in [2.05, 4.69) is 5.32 Å². The molecule has 1 aromatic rings. The lowest BCUT2D eigenvalue weighted by molar-refractivity contribution is 0.0933. The van der Waals surface area contributed by atoms with Gasteiger partial charge in [-0.25, -0.2) is 0 Å². The second kappa shape index (κ2) is 5.07. The predicted molar refractivity (Wildman–Crippen MR) is 69.2 cm³/mol. The lowest BCUT2D eigenvalue weighted by Crippen LogP contribution is -2.41. The Kier molecular flexibility index (Phi) is 3.69. The van der Waals surface area contributed by atoms with Crippen LogP contribution >= 0.6 is 11.6 Å². The third-order valence-corrected chi connectivity index (χ3v) is 3.68. The van der Waals surface area contributed by atoms with Crippen LogP contribution < -0.4 is 11.1 Å². The molecule has 0 radical (unpaired) electrons. The van der Waals surface area contributed by atoms with Gasteiger partial charge in [-0.3, -0.25) is 4.79 Å². The van der Waals surface area contributed by atoms with Crippen LogP contribution in [0.5, 0.6) is 0 Å². The van der Waals surface area contributed by atoms with Crippen molar-refractivity contribution in [1.82, 2.24) is 5.32 Å². The van der Waals surface area contributed by atoms with Gasteiger partial charge in [0.1, 0.15) is 0 Å². The Labute approximate surface area is 106 Å². The van der Waals surface area contributed by atoms with Crippen LogP contribution in [0, 0.1) is 12.8 Å². The highest BCUT2D eigenvalue weighted by Crippen LogP contribution is 2.32. The molecule has 0 heterocycles. The number of hydrogen-bond donors (Lipinski definition) is 2. The van der Waals surface area contributed by atoms with Crippen molar-refractivity contribution in [1.29, 1.82) is 0 Å². The molecule has 1 aliphatic rings. The van der Waals surface area contributed by atoms with Gasteiger partial charge in [-0.15, -0.1) is 0 Å². The van der Waals surface area contributed by atoms with Crippen molar-refractivity contribution in [3.8, 4) is 0 Å². The zero-order chi connectivity index (χ0) is 12.4. The summed E-state index contributed by atoms with van der Waals surface area (Å²) >= 11 is 6.00. The molecular weight excluding hydrogens is 236 g/mol. The van der Waals surface area contributed by atoms with E-state index in [4.69, 9.17) is 17.3 Å². The van der Waals surface area contributed by atoms with E-state index in [9.17, 15) is 4.79 Å². The van der Waals surface area contributed by atoms with Crippen LogP contribution in [0.4, 0.5) is 0 Å². The van der Waals surface area contributed by atoms with Gasteiger partial charge in [-0.05, 0) is 43.4 Å². The van der Waals surface area contributed by atoms with E-state index in [-0.39, 0.29) is 11.9 Å². The summed E-state index contributed by atoms with van der Waals surface area (Å²) in [7, 11) is 0. The van der Waals surface area contributed by atoms with Gasteiger partial charge in [-0.1, -0.05) is 17.7 Å². The Morgan fingerprint density at radius 3 is 2.88 bits per heavy atom. The number of carbonyl (C=O) groups is 1. The van der Waals surface area contributed by atoms with Crippen LogP contribution in [-0.4, -0.2) is 18.5 Å². The topological polar surface area (TPSA) is 55.1 Å². The summed E-state index contributed by atoms with van der Waals surface area (Å²) < 4.78 is 0. The average molecular weight is 253 g/mol. The predicted octanol–water partition coefficient (Wildman–Crippen LogP) is 2.12. The number of hydrogen-bond acceptors (Lipinski definition) is 2. The fraction of sp³-hybridized carbons (Fsp3) is 0.462. The lowest BCUT2D eigenvalue weighted by Gasteiger charge is -2.17. The molecule has 1 unspecified atom stereocenters. The van der Waals surface area contributed by atoms with Crippen molar-refractivity contribution in [3.63, 3.8) is 0 Å². The molecular formula is C13H17ClN2O. The summed E-state index contributed by atoms with van der Waals surface area (Å²) in [6.45, 7) is 2.35. The lowest BCUT2D eigenvalue weighted by atomic mass is 10.1. The molecule has 1 saturated carbocycles. The largest absolute Gasteiger partial charge is 0.348 e. The molecule has 3 nitrogen and oxygen atoms in total. The molecule has 17 heavy (non-hydrogen) atoms. The molecule has 1 amide bonds. The van der Waals surface area contributed by atoms with E-state index >= 15 is 0 Å². The summed E-state index contributed by atoms with van der Waals surface area (Å²) in [5.74, 6) is 0.482. The highest BCUT2D eigenvalue weighted by Gasteiger charge is 2.31. The van der Waals surface area contributed by atoms with E-state index < -0.39 is 0 Å². The third-order valence-electron chi connectivity index (χ3n) is 3.27. The Bertz CT molecular complexity index is 429. The highest BCUT2D eigenvalue weighted by atomic mass is 35.5. The molecule has 0 aromatic heterocycles. The normalized spacial score (nSPS) is 16.6. The van der Waals surface area contributed by atoms with E-state index in [1.807, 2.05) is 6.92 Å². The number of rotatable bonds is 4. The molecule has 1 fully saturated rings. The number of benzene rings is 1. The smallest absolute Gasteiger partial charge is 0.251 e. The van der Waals surface area contributed by atoms with Crippen molar-refractivity contribution in [2.24, 2.45) is 11.7 Å². The van der Waals surface area contributed by atoms with Crippen molar-refractivity contribution in [2.75, 3.05) is 6.54 Å². The first-order valence-electron chi connectivity index (χ1n) is 5.89. The zero-order valence-corrected chi connectivity index (χ0v) is 10.6. The fourth-order valence-corrected chi connectivity index (χ4v) is 2.14. The SMILES string of the molecule is Cc1c(Cl)cccc1C(=O)NC(CN)C1CC1. The van der Waals surface area contributed by atoms with Gasteiger partial charge in [0, 0.05) is 23.2 Å². The van der Waals surface area contributed by atoms with Gasteiger partial charge in [-0.2, -0.15) is 0 Å². The van der Waals surface area contributed by atoms with Crippen LogP contribution in [0.25, 0.3) is 0 Å².